The van der Waals surface area contributed by atoms with E-state index in [0.29, 0.717) is 17.4 Å². The molecule has 0 saturated carbocycles. The van der Waals surface area contributed by atoms with Crippen LogP contribution in [0.2, 0.25) is 0 Å². The van der Waals surface area contributed by atoms with Gasteiger partial charge in [0.25, 0.3) is 0 Å². The van der Waals surface area contributed by atoms with E-state index in [-0.39, 0.29) is 0 Å². The highest BCUT2D eigenvalue weighted by molar-refractivity contribution is 7.81. The number of aryl methyl sites for hydroxylation is 1. The SMILES string of the molecule is CCc1cc(-c2c(OC)cccc2OC)nc(NS)n1. The molecule has 5 nitrogen and oxygen atoms in total. The van der Waals surface area contributed by atoms with Gasteiger partial charge in [0.2, 0.25) is 5.95 Å². The van der Waals surface area contributed by atoms with Crippen LogP contribution in [0.4, 0.5) is 5.95 Å². The Kier molecular flexibility index (Phi) is 4.68. The van der Waals surface area contributed by atoms with Crippen LogP contribution in [-0.4, -0.2) is 24.2 Å². The van der Waals surface area contributed by atoms with Crippen LogP contribution in [0, 0.1) is 0 Å². The number of hydrogen-bond acceptors (Lipinski definition) is 6. The second kappa shape index (κ2) is 6.47. The minimum Gasteiger partial charge on any atom is -0.496 e. The standard InChI is InChI=1S/C14H17N3O2S/c1-4-9-8-10(16-14(15-9)17-20)13-11(18-2)6-5-7-12(13)19-3/h5-8,20H,4H2,1-3H3,(H,15,16,17). The van der Waals surface area contributed by atoms with Crippen molar-refractivity contribution in [1.29, 1.82) is 0 Å². The van der Waals surface area contributed by atoms with Crippen LogP contribution in [0.1, 0.15) is 12.6 Å². The Hall–Kier alpha value is -1.95. The third-order valence-corrected chi connectivity index (χ3v) is 3.13. The van der Waals surface area contributed by atoms with Gasteiger partial charge in [0.15, 0.2) is 0 Å². The number of nitrogens with zero attached hydrogens (tertiary/aromatic N) is 2. The van der Waals surface area contributed by atoms with E-state index >= 15 is 0 Å². The Morgan fingerprint density at radius 2 is 1.80 bits per heavy atom. The molecule has 0 radical (unpaired) electrons. The molecule has 0 fully saturated rings. The summed E-state index contributed by atoms with van der Waals surface area (Å²) >= 11 is 4.02. The maximum Gasteiger partial charge on any atom is 0.233 e. The minimum absolute atomic E-state index is 0.454. The lowest BCUT2D eigenvalue weighted by Gasteiger charge is -2.13. The number of ether oxygens (including phenoxy) is 2. The molecule has 106 valence electrons. The molecular formula is C14H17N3O2S. The molecule has 0 amide bonds. The number of rotatable bonds is 5. The number of thiol groups is 1. The fraction of sp³-hybridized carbons (Fsp3) is 0.286. The number of anilines is 1. The van der Waals surface area contributed by atoms with Gasteiger partial charge in [-0.1, -0.05) is 25.8 Å². The van der Waals surface area contributed by atoms with Crippen molar-refractivity contribution < 1.29 is 9.47 Å². The number of aromatic nitrogens is 2. The van der Waals surface area contributed by atoms with E-state index in [0.717, 1.165) is 23.4 Å². The molecule has 0 unspecified atom stereocenters. The van der Waals surface area contributed by atoms with Gasteiger partial charge in [-0.2, -0.15) is 0 Å². The van der Waals surface area contributed by atoms with Crippen molar-refractivity contribution in [3.63, 3.8) is 0 Å². The molecule has 0 aliphatic rings. The summed E-state index contributed by atoms with van der Waals surface area (Å²) < 4.78 is 13.5. The summed E-state index contributed by atoms with van der Waals surface area (Å²) in [5, 5.41) is 0. The Bertz CT molecular complexity index is 560. The van der Waals surface area contributed by atoms with Gasteiger partial charge in [0, 0.05) is 5.69 Å². The lowest BCUT2D eigenvalue weighted by Crippen LogP contribution is -2.00. The molecule has 1 aromatic carbocycles. The minimum atomic E-state index is 0.454. The summed E-state index contributed by atoms with van der Waals surface area (Å²) in [5.74, 6) is 1.86. The fourth-order valence-electron chi connectivity index (χ4n) is 1.96. The van der Waals surface area contributed by atoms with Crippen LogP contribution in [0.15, 0.2) is 24.3 Å². The Balaban J connectivity index is 2.66. The average Bonchev–Trinajstić information content (AvgIpc) is 2.53. The van der Waals surface area contributed by atoms with E-state index in [1.807, 2.05) is 31.2 Å². The van der Waals surface area contributed by atoms with Gasteiger partial charge in [-0.05, 0) is 24.6 Å². The predicted octanol–water partition coefficient (Wildman–Crippen LogP) is 2.98. The second-order valence-electron chi connectivity index (χ2n) is 4.07. The van der Waals surface area contributed by atoms with Crippen LogP contribution in [0.3, 0.4) is 0 Å². The van der Waals surface area contributed by atoms with Gasteiger partial charge in [-0.25, -0.2) is 9.97 Å². The van der Waals surface area contributed by atoms with Crippen LogP contribution in [0.25, 0.3) is 11.3 Å². The van der Waals surface area contributed by atoms with Crippen LogP contribution in [0.5, 0.6) is 11.5 Å². The van der Waals surface area contributed by atoms with Crippen LogP contribution < -0.4 is 14.2 Å². The maximum absolute atomic E-state index is 5.41. The van der Waals surface area contributed by atoms with Crippen molar-refractivity contribution in [2.75, 3.05) is 18.9 Å². The average molecular weight is 291 g/mol. The molecule has 0 bridgehead atoms. The number of hydrogen-bond donors (Lipinski definition) is 2. The monoisotopic (exact) mass is 291 g/mol. The molecule has 0 spiro atoms. The molecule has 2 rings (SSSR count). The molecule has 1 N–H and O–H groups in total. The number of methoxy groups -OCH3 is 2. The zero-order chi connectivity index (χ0) is 14.5. The predicted molar refractivity (Wildman–Crippen MR) is 82.6 cm³/mol. The van der Waals surface area contributed by atoms with Gasteiger partial charge in [-0.3, -0.25) is 0 Å². The van der Waals surface area contributed by atoms with E-state index in [4.69, 9.17) is 9.47 Å². The molecule has 0 aliphatic carbocycles. The fourth-order valence-corrected chi connectivity index (χ4v) is 2.06. The van der Waals surface area contributed by atoms with E-state index in [1.165, 1.54) is 0 Å². The first kappa shape index (κ1) is 14.5. The summed E-state index contributed by atoms with van der Waals surface area (Å²) in [4.78, 5) is 8.76. The lowest BCUT2D eigenvalue weighted by molar-refractivity contribution is 0.397. The van der Waals surface area contributed by atoms with Crippen molar-refractivity contribution in [3.8, 4) is 22.8 Å². The Morgan fingerprint density at radius 3 is 2.30 bits per heavy atom. The number of nitrogens with one attached hydrogen (secondary N) is 1. The molecule has 0 saturated heterocycles. The summed E-state index contributed by atoms with van der Waals surface area (Å²) in [7, 11) is 3.25. The first-order chi connectivity index (χ1) is 9.73. The zero-order valence-corrected chi connectivity index (χ0v) is 12.6. The quantitative estimate of drug-likeness (QED) is 0.829. The lowest BCUT2D eigenvalue weighted by atomic mass is 10.1. The van der Waals surface area contributed by atoms with Crippen molar-refractivity contribution in [3.05, 3.63) is 30.0 Å². The summed E-state index contributed by atoms with van der Waals surface area (Å²) in [5.41, 5.74) is 2.46. The van der Waals surface area contributed by atoms with E-state index in [1.54, 1.807) is 14.2 Å². The summed E-state index contributed by atoms with van der Waals surface area (Å²) in [6.07, 6.45) is 0.801. The van der Waals surface area contributed by atoms with E-state index < -0.39 is 0 Å². The topological polar surface area (TPSA) is 56.3 Å². The van der Waals surface area contributed by atoms with Crippen molar-refractivity contribution in [2.24, 2.45) is 0 Å². The van der Waals surface area contributed by atoms with Crippen molar-refractivity contribution in [2.45, 2.75) is 13.3 Å². The third-order valence-electron chi connectivity index (χ3n) is 2.93. The maximum atomic E-state index is 5.41. The van der Waals surface area contributed by atoms with Crippen molar-refractivity contribution >= 4 is 18.8 Å². The third kappa shape index (κ3) is 2.80. The van der Waals surface area contributed by atoms with Gasteiger partial charge in [0.05, 0.1) is 25.5 Å². The molecule has 1 heterocycles. The summed E-state index contributed by atoms with van der Waals surface area (Å²) in [6, 6.07) is 7.55. The van der Waals surface area contributed by atoms with Crippen LogP contribution >= 0.6 is 12.8 Å². The van der Waals surface area contributed by atoms with Gasteiger partial charge in [-0.15, -0.1) is 0 Å². The zero-order valence-electron chi connectivity index (χ0n) is 11.7. The molecule has 0 aliphatic heterocycles. The Labute approximate surface area is 123 Å². The molecule has 20 heavy (non-hydrogen) atoms. The largest absolute Gasteiger partial charge is 0.496 e. The van der Waals surface area contributed by atoms with Crippen molar-refractivity contribution in [1.82, 2.24) is 9.97 Å². The molecule has 1 aromatic heterocycles. The Morgan fingerprint density at radius 1 is 1.15 bits per heavy atom. The normalized spacial score (nSPS) is 10.2. The summed E-state index contributed by atoms with van der Waals surface area (Å²) in [6.45, 7) is 2.04. The van der Waals surface area contributed by atoms with Gasteiger partial charge in [0.1, 0.15) is 11.5 Å². The highest BCUT2D eigenvalue weighted by atomic mass is 32.1. The van der Waals surface area contributed by atoms with Gasteiger partial charge >= 0.3 is 0 Å². The molecule has 2 aromatic rings. The van der Waals surface area contributed by atoms with E-state index in [2.05, 4.69) is 27.5 Å². The molecule has 0 atom stereocenters. The molecule has 6 heteroatoms. The van der Waals surface area contributed by atoms with E-state index in [9.17, 15) is 0 Å². The van der Waals surface area contributed by atoms with Crippen LogP contribution in [-0.2, 0) is 6.42 Å². The second-order valence-corrected chi connectivity index (χ2v) is 4.29. The molecular weight excluding hydrogens is 274 g/mol. The smallest absolute Gasteiger partial charge is 0.233 e. The highest BCUT2D eigenvalue weighted by Gasteiger charge is 2.15. The number of benzene rings is 1. The highest BCUT2D eigenvalue weighted by Crippen LogP contribution is 2.37. The van der Waals surface area contributed by atoms with Gasteiger partial charge < -0.3 is 14.2 Å². The first-order valence-electron chi connectivity index (χ1n) is 6.22. The first-order valence-corrected chi connectivity index (χ1v) is 6.67.